The molecule has 3 fully saturated rings. The lowest BCUT2D eigenvalue weighted by molar-refractivity contribution is 0.456. The maximum Gasteiger partial charge on any atom is 0.151 e. The van der Waals surface area contributed by atoms with Gasteiger partial charge in [0, 0.05) is 11.6 Å². The minimum atomic E-state index is 0.441. The van der Waals surface area contributed by atoms with E-state index in [4.69, 9.17) is 5.73 Å². The van der Waals surface area contributed by atoms with Gasteiger partial charge < -0.3 is 5.73 Å². The van der Waals surface area contributed by atoms with Crippen molar-refractivity contribution in [3.63, 3.8) is 0 Å². The number of nitrogens with two attached hydrogens (primary N) is 1. The molecule has 4 nitrogen and oxygen atoms in total. The van der Waals surface area contributed by atoms with Gasteiger partial charge >= 0.3 is 0 Å². The summed E-state index contributed by atoms with van der Waals surface area (Å²) in [5.41, 5.74) is 7.03. The maximum absolute atomic E-state index is 5.88. The molecule has 3 aliphatic rings. The molecule has 4 atom stereocenters. The molecule has 2 bridgehead atoms. The Labute approximate surface area is 124 Å². The van der Waals surface area contributed by atoms with Crippen LogP contribution in [-0.2, 0) is 6.54 Å². The van der Waals surface area contributed by atoms with Crippen LogP contribution in [0.5, 0.6) is 0 Å². The predicted molar refractivity (Wildman–Crippen MR) is 79.8 cm³/mol. The first-order valence-electron chi connectivity index (χ1n) is 8.08. The smallest absolute Gasteiger partial charge is 0.151 e. The van der Waals surface area contributed by atoms with E-state index >= 15 is 0 Å². The molecule has 4 heteroatoms. The Morgan fingerprint density at radius 3 is 2.43 bits per heavy atom. The van der Waals surface area contributed by atoms with Crippen molar-refractivity contribution in [1.82, 2.24) is 14.8 Å². The highest BCUT2D eigenvalue weighted by Crippen LogP contribution is 2.72. The van der Waals surface area contributed by atoms with Gasteiger partial charge in [-0.3, -0.25) is 4.57 Å². The first-order valence-corrected chi connectivity index (χ1v) is 8.08. The first-order chi connectivity index (χ1) is 10.4. The maximum atomic E-state index is 5.88. The molecule has 3 saturated carbocycles. The fourth-order valence-electron chi connectivity index (χ4n) is 5.21. The molecule has 21 heavy (non-hydrogen) atoms. The first kappa shape index (κ1) is 11.9. The highest BCUT2D eigenvalue weighted by atomic mass is 15.3. The van der Waals surface area contributed by atoms with E-state index in [2.05, 4.69) is 39.0 Å². The van der Waals surface area contributed by atoms with Crippen LogP contribution < -0.4 is 5.73 Å². The van der Waals surface area contributed by atoms with Crippen LogP contribution in [0.2, 0.25) is 0 Å². The van der Waals surface area contributed by atoms with Gasteiger partial charge in [0.15, 0.2) is 5.82 Å². The van der Waals surface area contributed by atoms with E-state index in [1.54, 1.807) is 0 Å². The summed E-state index contributed by atoms with van der Waals surface area (Å²) in [7, 11) is 0. The molecule has 0 saturated heterocycles. The standard InChI is InChI=1S/C17H20N4/c18-9-13-19-20-17(21(13)12-4-2-1-3-5-12)16-14-10-6-7-11(8-10)15(14)16/h1-5,10-11,14-16H,6-9,18H2. The van der Waals surface area contributed by atoms with Crippen LogP contribution in [0.3, 0.4) is 0 Å². The number of rotatable bonds is 3. The Morgan fingerprint density at radius 2 is 1.76 bits per heavy atom. The van der Waals surface area contributed by atoms with Crippen LogP contribution >= 0.6 is 0 Å². The largest absolute Gasteiger partial charge is 0.324 e. The Kier molecular flexibility index (Phi) is 2.37. The highest BCUT2D eigenvalue weighted by molar-refractivity contribution is 5.37. The normalized spacial score (nSPS) is 36.0. The van der Waals surface area contributed by atoms with Crippen molar-refractivity contribution in [2.24, 2.45) is 29.4 Å². The van der Waals surface area contributed by atoms with Gasteiger partial charge in [-0.15, -0.1) is 10.2 Å². The molecular formula is C17H20N4. The number of hydrogen-bond acceptors (Lipinski definition) is 3. The number of hydrogen-bond donors (Lipinski definition) is 1. The van der Waals surface area contributed by atoms with Crippen molar-refractivity contribution in [3.8, 4) is 5.69 Å². The molecule has 3 aliphatic carbocycles. The molecule has 0 amide bonds. The third-order valence-electron chi connectivity index (χ3n) is 5.99. The zero-order valence-corrected chi connectivity index (χ0v) is 12.0. The van der Waals surface area contributed by atoms with E-state index in [0.717, 1.165) is 41.0 Å². The minimum absolute atomic E-state index is 0.441. The summed E-state index contributed by atoms with van der Waals surface area (Å²) >= 11 is 0. The molecule has 5 rings (SSSR count). The van der Waals surface area contributed by atoms with E-state index in [0.29, 0.717) is 12.5 Å². The number of para-hydroxylation sites is 1. The molecule has 1 aromatic heterocycles. The zero-order valence-electron chi connectivity index (χ0n) is 12.0. The number of nitrogens with zero attached hydrogens (tertiary/aromatic N) is 3. The fourth-order valence-corrected chi connectivity index (χ4v) is 5.21. The van der Waals surface area contributed by atoms with Crippen LogP contribution in [0.25, 0.3) is 5.69 Å². The zero-order chi connectivity index (χ0) is 14.0. The second-order valence-electron chi connectivity index (χ2n) is 6.86. The van der Waals surface area contributed by atoms with E-state index < -0.39 is 0 Å². The SMILES string of the molecule is NCc1nnc(C2C3C4CCC(C4)C23)n1-c1ccccc1. The van der Waals surface area contributed by atoms with Crippen LogP contribution in [0.4, 0.5) is 0 Å². The Bertz CT molecular complexity index is 661. The van der Waals surface area contributed by atoms with Crippen molar-refractivity contribution in [2.75, 3.05) is 0 Å². The van der Waals surface area contributed by atoms with Gasteiger partial charge in [0.2, 0.25) is 0 Å². The molecule has 1 heterocycles. The number of aromatic nitrogens is 3. The molecule has 1 aromatic carbocycles. The van der Waals surface area contributed by atoms with Crippen LogP contribution in [0, 0.1) is 23.7 Å². The van der Waals surface area contributed by atoms with Crippen LogP contribution in [0.1, 0.15) is 36.8 Å². The molecular weight excluding hydrogens is 260 g/mol. The molecule has 0 radical (unpaired) electrons. The summed E-state index contributed by atoms with van der Waals surface area (Å²) < 4.78 is 2.21. The topological polar surface area (TPSA) is 56.7 Å². The lowest BCUT2D eigenvalue weighted by Crippen LogP contribution is -2.10. The van der Waals surface area contributed by atoms with Gasteiger partial charge in [-0.1, -0.05) is 18.2 Å². The summed E-state index contributed by atoms with van der Waals surface area (Å²) in [5.74, 6) is 6.33. The lowest BCUT2D eigenvalue weighted by Gasteiger charge is -2.12. The monoisotopic (exact) mass is 280 g/mol. The molecule has 2 aromatic rings. The summed E-state index contributed by atoms with van der Waals surface area (Å²) in [6.45, 7) is 0.441. The third-order valence-corrected chi connectivity index (χ3v) is 5.99. The summed E-state index contributed by atoms with van der Waals surface area (Å²) in [6.07, 6.45) is 4.34. The Hall–Kier alpha value is -1.68. The van der Waals surface area contributed by atoms with Crippen molar-refractivity contribution in [3.05, 3.63) is 42.0 Å². The molecule has 4 unspecified atom stereocenters. The molecule has 0 spiro atoms. The van der Waals surface area contributed by atoms with Gasteiger partial charge in [-0.25, -0.2) is 0 Å². The minimum Gasteiger partial charge on any atom is -0.324 e. The van der Waals surface area contributed by atoms with Crippen LogP contribution in [-0.4, -0.2) is 14.8 Å². The van der Waals surface area contributed by atoms with Gasteiger partial charge in [-0.05, 0) is 55.1 Å². The van der Waals surface area contributed by atoms with Crippen molar-refractivity contribution in [2.45, 2.75) is 31.7 Å². The fraction of sp³-hybridized carbons (Fsp3) is 0.529. The third kappa shape index (κ3) is 1.54. The van der Waals surface area contributed by atoms with E-state index in [1.165, 1.54) is 19.3 Å². The van der Waals surface area contributed by atoms with Crippen molar-refractivity contribution < 1.29 is 0 Å². The quantitative estimate of drug-likeness (QED) is 0.939. The summed E-state index contributed by atoms with van der Waals surface area (Å²) in [4.78, 5) is 0. The second-order valence-corrected chi connectivity index (χ2v) is 6.86. The van der Waals surface area contributed by atoms with Gasteiger partial charge in [0.1, 0.15) is 5.82 Å². The van der Waals surface area contributed by atoms with E-state index in [9.17, 15) is 0 Å². The highest BCUT2D eigenvalue weighted by Gasteiger charge is 2.66. The van der Waals surface area contributed by atoms with Crippen molar-refractivity contribution in [1.29, 1.82) is 0 Å². The van der Waals surface area contributed by atoms with Gasteiger partial charge in [0.05, 0.1) is 6.54 Å². The summed E-state index contributed by atoms with van der Waals surface area (Å²) in [5, 5.41) is 8.90. The predicted octanol–water partition coefficient (Wildman–Crippen LogP) is 2.49. The van der Waals surface area contributed by atoms with E-state index in [-0.39, 0.29) is 0 Å². The molecule has 108 valence electrons. The van der Waals surface area contributed by atoms with Gasteiger partial charge in [-0.2, -0.15) is 0 Å². The second kappa shape index (κ2) is 4.17. The van der Waals surface area contributed by atoms with Crippen molar-refractivity contribution >= 4 is 0 Å². The summed E-state index contributed by atoms with van der Waals surface area (Å²) in [6, 6.07) is 10.4. The van der Waals surface area contributed by atoms with Crippen LogP contribution in [0.15, 0.2) is 30.3 Å². The molecule has 2 N–H and O–H groups in total. The Morgan fingerprint density at radius 1 is 1.05 bits per heavy atom. The number of fused-ring (bicyclic) bond motifs is 5. The lowest BCUT2D eigenvalue weighted by atomic mass is 10.0. The average molecular weight is 280 g/mol. The molecule has 0 aliphatic heterocycles. The van der Waals surface area contributed by atoms with Gasteiger partial charge in [0.25, 0.3) is 0 Å². The average Bonchev–Trinajstić information content (AvgIpc) is 2.90. The Balaban J connectivity index is 1.58. The number of benzene rings is 1. The van der Waals surface area contributed by atoms with E-state index in [1.807, 2.05) is 6.07 Å².